The summed E-state index contributed by atoms with van der Waals surface area (Å²) in [6.07, 6.45) is 0. The Hall–Kier alpha value is -1.61. The number of nitrogens with zero attached hydrogens (tertiary/aromatic N) is 1. The van der Waals surface area contributed by atoms with Crippen LogP contribution in [-0.2, 0) is 6.54 Å². The third-order valence-corrected chi connectivity index (χ3v) is 3.28. The van der Waals surface area contributed by atoms with Crippen molar-refractivity contribution >= 4 is 10.9 Å². The molecular weight excluding hydrogens is 212 g/mol. The van der Waals surface area contributed by atoms with Gasteiger partial charge in [-0.15, -0.1) is 0 Å². The summed E-state index contributed by atoms with van der Waals surface area (Å²) in [4.78, 5) is 4.67. The molecule has 2 aromatic rings. The van der Waals surface area contributed by atoms with Crippen LogP contribution in [-0.4, -0.2) is 18.1 Å². The molecule has 1 aromatic carbocycles. The highest BCUT2D eigenvalue weighted by Gasteiger charge is 2.13. The lowest BCUT2D eigenvalue weighted by atomic mass is 10.0. The smallest absolute Gasteiger partial charge is 0.218 e. The van der Waals surface area contributed by atoms with Crippen molar-refractivity contribution in [2.45, 2.75) is 20.4 Å². The van der Waals surface area contributed by atoms with Crippen LogP contribution in [0.15, 0.2) is 18.2 Å². The number of fused-ring (bicyclic) bond motifs is 2. The largest absolute Gasteiger partial charge is 0.476 e. The number of aryl methyl sites for hydroxylation is 2. The molecule has 0 bridgehead atoms. The molecule has 88 valence electrons. The van der Waals surface area contributed by atoms with Crippen LogP contribution in [0.5, 0.6) is 5.88 Å². The highest BCUT2D eigenvalue weighted by Crippen LogP contribution is 2.27. The standard InChI is InChI=1S/C14H16N2O/c1-9-3-4-10(2)13-12(9)7-11-8-15-5-6-17-14(11)16-13/h3-4,7,15H,5-6,8H2,1-2H3. The first-order chi connectivity index (χ1) is 8.25. The molecular formula is C14H16N2O. The minimum atomic E-state index is 0.691. The fraction of sp³-hybridized carbons (Fsp3) is 0.357. The van der Waals surface area contributed by atoms with Crippen molar-refractivity contribution in [3.8, 4) is 5.88 Å². The molecule has 0 unspecified atom stereocenters. The van der Waals surface area contributed by atoms with E-state index in [2.05, 4.69) is 42.3 Å². The fourth-order valence-corrected chi connectivity index (χ4v) is 2.25. The Labute approximate surface area is 101 Å². The first-order valence-electron chi connectivity index (χ1n) is 5.99. The second-order valence-corrected chi connectivity index (χ2v) is 4.57. The molecule has 3 heteroatoms. The Kier molecular flexibility index (Phi) is 2.48. The van der Waals surface area contributed by atoms with Gasteiger partial charge in [0.1, 0.15) is 6.61 Å². The van der Waals surface area contributed by atoms with Crippen LogP contribution in [0, 0.1) is 13.8 Å². The maximum Gasteiger partial charge on any atom is 0.218 e. The molecule has 1 aromatic heterocycles. The summed E-state index contributed by atoms with van der Waals surface area (Å²) in [5, 5.41) is 4.57. The lowest BCUT2D eigenvalue weighted by Crippen LogP contribution is -2.16. The van der Waals surface area contributed by atoms with Gasteiger partial charge in [-0.05, 0) is 31.0 Å². The van der Waals surface area contributed by atoms with Gasteiger partial charge in [-0.2, -0.15) is 0 Å². The molecule has 3 nitrogen and oxygen atoms in total. The number of rotatable bonds is 0. The van der Waals surface area contributed by atoms with Crippen LogP contribution >= 0.6 is 0 Å². The Morgan fingerprint density at radius 1 is 1.24 bits per heavy atom. The molecule has 3 rings (SSSR count). The monoisotopic (exact) mass is 228 g/mol. The molecule has 0 fully saturated rings. The zero-order chi connectivity index (χ0) is 11.8. The lowest BCUT2D eigenvalue weighted by Gasteiger charge is -2.10. The van der Waals surface area contributed by atoms with Gasteiger partial charge in [-0.3, -0.25) is 0 Å². The maximum absolute atomic E-state index is 5.68. The Bertz CT molecular complexity index is 527. The molecule has 0 amide bonds. The second kappa shape index (κ2) is 4.00. The third-order valence-electron chi connectivity index (χ3n) is 3.28. The molecule has 0 spiro atoms. The molecule has 0 radical (unpaired) electrons. The van der Waals surface area contributed by atoms with Gasteiger partial charge in [-0.1, -0.05) is 12.1 Å². The van der Waals surface area contributed by atoms with E-state index >= 15 is 0 Å². The first kappa shape index (κ1) is 10.5. The fourth-order valence-electron chi connectivity index (χ4n) is 2.25. The number of hydrogen-bond acceptors (Lipinski definition) is 3. The SMILES string of the molecule is Cc1ccc(C)c2nc3c(cc12)CNCCO3. The molecule has 2 heterocycles. The average molecular weight is 228 g/mol. The number of pyridine rings is 1. The van der Waals surface area contributed by atoms with Gasteiger partial charge in [0.25, 0.3) is 0 Å². The number of hydrogen-bond donors (Lipinski definition) is 1. The van der Waals surface area contributed by atoms with Crippen molar-refractivity contribution in [2.75, 3.05) is 13.2 Å². The summed E-state index contributed by atoms with van der Waals surface area (Å²) in [6.45, 7) is 6.63. The zero-order valence-corrected chi connectivity index (χ0v) is 10.2. The lowest BCUT2D eigenvalue weighted by molar-refractivity contribution is 0.315. The van der Waals surface area contributed by atoms with Gasteiger partial charge in [0, 0.05) is 24.0 Å². The third kappa shape index (κ3) is 1.76. The van der Waals surface area contributed by atoms with Gasteiger partial charge in [-0.25, -0.2) is 4.98 Å². The zero-order valence-electron chi connectivity index (χ0n) is 10.2. The minimum Gasteiger partial charge on any atom is -0.476 e. The van der Waals surface area contributed by atoms with E-state index in [1.807, 2.05) is 0 Å². The van der Waals surface area contributed by atoms with Crippen molar-refractivity contribution in [3.05, 3.63) is 34.9 Å². The second-order valence-electron chi connectivity index (χ2n) is 4.57. The number of benzene rings is 1. The molecule has 1 aliphatic heterocycles. The van der Waals surface area contributed by atoms with E-state index in [4.69, 9.17) is 4.74 Å². The number of nitrogens with one attached hydrogen (secondary N) is 1. The molecule has 0 aliphatic carbocycles. The van der Waals surface area contributed by atoms with E-state index in [9.17, 15) is 0 Å². The van der Waals surface area contributed by atoms with Crippen LogP contribution in [0.3, 0.4) is 0 Å². The summed E-state index contributed by atoms with van der Waals surface area (Å²) in [5.74, 6) is 0.788. The Morgan fingerprint density at radius 2 is 2.06 bits per heavy atom. The quantitative estimate of drug-likeness (QED) is 0.751. The summed E-state index contributed by atoms with van der Waals surface area (Å²) in [7, 11) is 0. The van der Waals surface area contributed by atoms with E-state index in [1.165, 1.54) is 16.5 Å². The van der Waals surface area contributed by atoms with Crippen LogP contribution < -0.4 is 10.1 Å². The van der Waals surface area contributed by atoms with Crippen molar-refractivity contribution in [1.82, 2.24) is 10.3 Å². The minimum absolute atomic E-state index is 0.691. The first-order valence-corrected chi connectivity index (χ1v) is 5.99. The Morgan fingerprint density at radius 3 is 2.94 bits per heavy atom. The molecule has 1 aliphatic rings. The number of aromatic nitrogens is 1. The maximum atomic E-state index is 5.68. The average Bonchev–Trinajstić information content (AvgIpc) is 2.57. The topological polar surface area (TPSA) is 34.2 Å². The van der Waals surface area contributed by atoms with E-state index in [0.29, 0.717) is 6.61 Å². The summed E-state index contributed by atoms with van der Waals surface area (Å²) in [6, 6.07) is 6.47. The Balaban J connectivity index is 2.29. The molecule has 17 heavy (non-hydrogen) atoms. The van der Waals surface area contributed by atoms with Gasteiger partial charge in [0.05, 0.1) is 5.52 Å². The normalized spacial score (nSPS) is 15.2. The van der Waals surface area contributed by atoms with Gasteiger partial charge >= 0.3 is 0 Å². The van der Waals surface area contributed by atoms with Crippen LogP contribution in [0.25, 0.3) is 10.9 Å². The predicted octanol–water partition coefficient (Wildman–Crippen LogP) is 2.33. The van der Waals surface area contributed by atoms with E-state index in [0.717, 1.165) is 30.0 Å². The molecule has 0 atom stereocenters. The molecule has 1 N–H and O–H groups in total. The van der Waals surface area contributed by atoms with Gasteiger partial charge < -0.3 is 10.1 Å². The van der Waals surface area contributed by atoms with E-state index in [-0.39, 0.29) is 0 Å². The van der Waals surface area contributed by atoms with Crippen molar-refractivity contribution in [2.24, 2.45) is 0 Å². The van der Waals surface area contributed by atoms with E-state index < -0.39 is 0 Å². The van der Waals surface area contributed by atoms with Crippen LogP contribution in [0.1, 0.15) is 16.7 Å². The number of ether oxygens (including phenoxy) is 1. The van der Waals surface area contributed by atoms with Crippen LogP contribution in [0.4, 0.5) is 0 Å². The van der Waals surface area contributed by atoms with Crippen molar-refractivity contribution in [1.29, 1.82) is 0 Å². The summed E-state index contributed by atoms with van der Waals surface area (Å²) < 4.78 is 5.68. The highest BCUT2D eigenvalue weighted by atomic mass is 16.5. The van der Waals surface area contributed by atoms with Crippen LogP contribution in [0.2, 0.25) is 0 Å². The summed E-state index contributed by atoms with van der Waals surface area (Å²) in [5.41, 5.74) is 4.69. The molecule has 0 saturated carbocycles. The molecule has 0 saturated heterocycles. The summed E-state index contributed by atoms with van der Waals surface area (Å²) >= 11 is 0. The predicted molar refractivity (Wildman–Crippen MR) is 68.4 cm³/mol. The van der Waals surface area contributed by atoms with Crippen molar-refractivity contribution in [3.63, 3.8) is 0 Å². The van der Waals surface area contributed by atoms with Crippen molar-refractivity contribution < 1.29 is 4.74 Å². The van der Waals surface area contributed by atoms with E-state index in [1.54, 1.807) is 0 Å². The van der Waals surface area contributed by atoms with Gasteiger partial charge in [0.15, 0.2) is 0 Å². The highest BCUT2D eigenvalue weighted by molar-refractivity contribution is 5.86. The van der Waals surface area contributed by atoms with Gasteiger partial charge in [0.2, 0.25) is 5.88 Å².